The van der Waals surface area contributed by atoms with Crippen LogP contribution in [0, 0.1) is 17.3 Å². The van der Waals surface area contributed by atoms with E-state index in [2.05, 4.69) is 26.0 Å². The van der Waals surface area contributed by atoms with E-state index in [0.717, 1.165) is 38.7 Å². The first-order valence-electron chi connectivity index (χ1n) is 16.1. The summed E-state index contributed by atoms with van der Waals surface area (Å²) in [5.41, 5.74) is 2.56. The molecule has 0 aromatic heterocycles. The Balaban J connectivity index is 1.19. The summed E-state index contributed by atoms with van der Waals surface area (Å²) in [7, 11) is 0. The molecule has 12 atom stereocenters. The van der Waals surface area contributed by atoms with Crippen molar-refractivity contribution in [2.75, 3.05) is 6.61 Å². The van der Waals surface area contributed by atoms with Crippen LogP contribution in [-0.2, 0) is 20.7 Å². The number of unbranched alkanes of at least 4 members (excludes halogenated alkanes) is 3. The van der Waals surface area contributed by atoms with Gasteiger partial charge in [-0.15, -0.1) is 0 Å². The number of fused-ring (bicyclic) bond motifs is 5. The number of aliphatic hydroxyl groups excluding tert-OH is 4. The van der Waals surface area contributed by atoms with Gasteiger partial charge in [-0.25, -0.2) is 4.79 Å². The Morgan fingerprint density at radius 1 is 1.12 bits per heavy atom. The summed E-state index contributed by atoms with van der Waals surface area (Å²) in [5, 5.41) is 54.7. The maximum atomic E-state index is 11.6. The zero-order valence-electron chi connectivity index (χ0n) is 25.2. The molecule has 43 heavy (non-hydrogen) atoms. The third kappa shape index (κ3) is 6.00. The van der Waals surface area contributed by atoms with Crippen LogP contribution in [0.5, 0.6) is 5.75 Å². The molecule has 239 valence electrons. The van der Waals surface area contributed by atoms with Gasteiger partial charge < -0.3 is 15.3 Å². The number of carboxylic acids is 1. The van der Waals surface area contributed by atoms with Gasteiger partial charge in [0.15, 0.2) is 0 Å². The summed E-state index contributed by atoms with van der Waals surface area (Å²) in [6.07, 6.45) is -0.503. The Morgan fingerprint density at radius 3 is 2.60 bits per heavy atom. The molecule has 2 unspecified atom stereocenters. The Bertz CT molecular complexity index is 1160. The van der Waals surface area contributed by atoms with Gasteiger partial charge in [0.25, 0.3) is 0 Å². The number of rotatable bonds is 10. The van der Waals surface area contributed by atoms with E-state index in [0.29, 0.717) is 31.9 Å². The zero-order valence-corrected chi connectivity index (χ0v) is 28.9. The van der Waals surface area contributed by atoms with E-state index >= 15 is 0 Å². The van der Waals surface area contributed by atoms with E-state index in [1.165, 1.54) is 46.6 Å². The van der Waals surface area contributed by atoms with Crippen LogP contribution in [0.4, 0.5) is 0 Å². The maximum absolute atomic E-state index is 11.6. The van der Waals surface area contributed by atoms with Crippen molar-refractivity contribution in [3.8, 4) is 5.75 Å². The molecule has 11 heteroatoms. The number of benzene rings is 1. The van der Waals surface area contributed by atoms with E-state index in [1.807, 2.05) is 0 Å². The number of aryl methyl sites for hydroxylation is 1. The predicted molar refractivity (Wildman–Crippen MR) is 162 cm³/mol. The molecule has 0 amide bonds. The molecule has 1 radical (unpaired) electrons. The Kier molecular flexibility index (Phi) is 9.95. The van der Waals surface area contributed by atoms with Crippen LogP contribution in [0.1, 0.15) is 82.3 Å². The molecule has 6 rings (SSSR count). The number of carboxylic acid groups (broad SMARTS) is 1. The number of aliphatic hydroxyl groups is 4. The molecule has 2 aliphatic heterocycles. The van der Waals surface area contributed by atoms with Gasteiger partial charge in [-0.2, -0.15) is 0 Å². The topological polar surface area (TPSA) is 146 Å². The number of carbonyl (C=O) groups is 1. The SMILES string of the molecule is CCCCCCOc1cc2c(cc1[As]1CC[As]1)[C@H]1CC[C@]3(C)[C@@H](O)[C@H](OC4O[C@H](C(=O)O)[C@@H](O)[C@H](O)[C@H]4O)C[C@H]3[C@@H]1CC2. The van der Waals surface area contributed by atoms with E-state index in [9.17, 15) is 30.3 Å². The standard InChI is InChI=1S/C32H47As2O9/c1-3-4-5-6-13-41-23-14-17-7-8-19-18(20(17)15-22(23)34-12-11-33-34)9-10-32(2)21(19)16-24(29(32)38)42-31-27(37)25(35)26(36)28(43-31)30(39)40/h14-15,18-19,21,24-29,31,35-38H,3-13,16H2,1-2H3,(H,39,40)/t18-,19+,21-,24+,25-,26-,27+,28-,29-,31?,32-,34?/m0/s1. The molecule has 9 nitrogen and oxygen atoms in total. The fraction of sp³-hybridized carbons (Fsp3) is 0.781. The second kappa shape index (κ2) is 13.2. The predicted octanol–water partition coefficient (Wildman–Crippen LogP) is 2.08. The Labute approximate surface area is 263 Å². The molecule has 2 heterocycles. The van der Waals surface area contributed by atoms with Crippen molar-refractivity contribution in [2.45, 2.75) is 131 Å². The monoisotopic (exact) mass is 725 g/mol. The van der Waals surface area contributed by atoms with Crippen LogP contribution < -0.4 is 9.09 Å². The minimum atomic E-state index is -1.77. The summed E-state index contributed by atoms with van der Waals surface area (Å²) in [5.74, 6) is 0.766. The van der Waals surface area contributed by atoms with Crippen molar-refractivity contribution >= 4 is 36.6 Å². The third-order valence-electron chi connectivity index (χ3n) is 11.0. The van der Waals surface area contributed by atoms with E-state index < -0.39 is 61.5 Å². The minimum absolute atomic E-state index is 0.205. The molecule has 4 fully saturated rings. The van der Waals surface area contributed by atoms with Crippen LogP contribution in [0.2, 0.25) is 10.4 Å². The summed E-state index contributed by atoms with van der Waals surface area (Å²) in [4.78, 5) is 11.6. The first-order chi connectivity index (χ1) is 20.6. The van der Waals surface area contributed by atoms with Gasteiger partial charge in [0.05, 0.1) is 0 Å². The van der Waals surface area contributed by atoms with Gasteiger partial charge in [0.2, 0.25) is 0 Å². The van der Waals surface area contributed by atoms with Crippen molar-refractivity contribution in [3.05, 3.63) is 23.3 Å². The van der Waals surface area contributed by atoms with Gasteiger partial charge in [0.1, 0.15) is 6.10 Å². The van der Waals surface area contributed by atoms with Gasteiger partial charge in [0, 0.05) is 0 Å². The average Bonchev–Trinajstić information content (AvgIpc) is 3.21. The molecule has 5 N–H and O–H groups in total. The van der Waals surface area contributed by atoms with Crippen molar-refractivity contribution in [1.29, 1.82) is 0 Å². The van der Waals surface area contributed by atoms with Gasteiger partial charge in [-0.05, 0) is 0 Å². The summed E-state index contributed by atoms with van der Waals surface area (Å²) >= 11 is -0.477. The normalized spacial score (nSPS) is 42.5. The molecule has 0 spiro atoms. The number of aliphatic carboxylic acids is 1. The molecular formula is C32H47As2O9. The fourth-order valence-electron chi connectivity index (χ4n) is 8.44. The quantitative estimate of drug-likeness (QED) is 0.181. The van der Waals surface area contributed by atoms with Crippen molar-refractivity contribution < 1.29 is 44.5 Å². The third-order valence-corrected chi connectivity index (χ3v) is 28.0. The molecule has 0 bridgehead atoms. The molecule has 5 aliphatic rings. The van der Waals surface area contributed by atoms with E-state index in [-0.39, 0.29) is 11.3 Å². The van der Waals surface area contributed by atoms with Crippen molar-refractivity contribution in [3.63, 3.8) is 0 Å². The fourth-order valence-corrected chi connectivity index (χ4v) is 19.2. The van der Waals surface area contributed by atoms with Gasteiger partial charge in [-0.1, -0.05) is 0 Å². The number of hydrogen-bond donors (Lipinski definition) is 5. The average molecular weight is 726 g/mol. The van der Waals surface area contributed by atoms with Crippen molar-refractivity contribution in [2.24, 2.45) is 17.3 Å². The summed E-state index contributed by atoms with van der Waals surface area (Å²) in [6.45, 7) is 5.18. The molecule has 2 saturated carbocycles. The van der Waals surface area contributed by atoms with E-state index in [4.69, 9.17) is 14.2 Å². The van der Waals surface area contributed by atoms with Gasteiger partial charge in [-0.3, -0.25) is 0 Å². The summed E-state index contributed by atoms with van der Waals surface area (Å²) in [6, 6.07) is 4.94. The first-order valence-corrected chi connectivity index (χ1v) is 24.9. The van der Waals surface area contributed by atoms with Gasteiger partial charge >= 0.3 is 239 Å². The Hall–Kier alpha value is -0.633. The van der Waals surface area contributed by atoms with Crippen LogP contribution in [0.25, 0.3) is 0 Å². The molecular weight excluding hydrogens is 678 g/mol. The second-order valence-corrected chi connectivity index (χ2v) is 27.0. The molecule has 3 aliphatic carbocycles. The zero-order chi connectivity index (χ0) is 30.5. The van der Waals surface area contributed by atoms with Crippen LogP contribution >= 0.6 is 0 Å². The van der Waals surface area contributed by atoms with E-state index in [1.54, 1.807) is 4.35 Å². The summed E-state index contributed by atoms with van der Waals surface area (Å²) < 4.78 is 19.5. The molecule has 1 aromatic rings. The second-order valence-electron chi connectivity index (χ2n) is 13.5. The van der Waals surface area contributed by atoms with Crippen LogP contribution in [0.3, 0.4) is 0 Å². The molecule has 2 saturated heterocycles. The number of ether oxygens (including phenoxy) is 3. The first kappa shape index (κ1) is 32.3. The van der Waals surface area contributed by atoms with Crippen molar-refractivity contribution in [1.82, 2.24) is 0 Å². The number of hydrogen-bond acceptors (Lipinski definition) is 8. The van der Waals surface area contributed by atoms with Crippen LogP contribution in [0.15, 0.2) is 12.1 Å². The van der Waals surface area contributed by atoms with Crippen LogP contribution in [-0.4, -0.2) is 107 Å². The molecule has 1 aromatic carbocycles. The Morgan fingerprint density at radius 2 is 1.91 bits per heavy atom.